The summed E-state index contributed by atoms with van der Waals surface area (Å²) in [6.07, 6.45) is 0.710. The van der Waals surface area contributed by atoms with Crippen LogP contribution in [0.4, 0.5) is 0 Å². The molecule has 0 aliphatic heterocycles. The van der Waals surface area contributed by atoms with Gasteiger partial charge in [-0.3, -0.25) is 4.79 Å². The minimum atomic E-state index is -0.575. The van der Waals surface area contributed by atoms with Crippen LogP contribution in [0, 0.1) is 5.41 Å². The molecular formula is C17H25NO3. The molecular weight excluding hydrogens is 266 g/mol. The normalized spacial score (nSPS) is 11.9. The van der Waals surface area contributed by atoms with Crippen LogP contribution in [0.5, 0.6) is 0 Å². The van der Waals surface area contributed by atoms with Crippen LogP contribution in [0.1, 0.15) is 58.3 Å². The molecule has 0 radical (unpaired) electrons. The average Bonchev–Trinajstić information content (AvgIpc) is 2.33. The zero-order valence-electron chi connectivity index (χ0n) is 13.8. The number of rotatable bonds is 3. The molecule has 1 rings (SSSR count). The van der Waals surface area contributed by atoms with E-state index in [0.29, 0.717) is 12.0 Å². The molecule has 0 atom stereocenters. The molecule has 0 aromatic heterocycles. The lowest BCUT2D eigenvalue weighted by Crippen LogP contribution is -2.49. The van der Waals surface area contributed by atoms with E-state index in [-0.39, 0.29) is 11.3 Å². The monoisotopic (exact) mass is 291 g/mol. The summed E-state index contributed by atoms with van der Waals surface area (Å²) in [5.41, 5.74) is -0.138. The van der Waals surface area contributed by atoms with Crippen LogP contribution in [-0.4, -0.2) is 22.5 Å². The molecule has 4 nitrogen and oxygen atoms in total. The van der Waals surface area contributed by atoms with E-state index in [1.54, 1.807) is 24.3 Å². The first kappa shape index (κ1) is 17.2. The van der Waals surface area contributed by atoms with Gasteiger partial charge in [0, 0.05) is 6.92 Å². The molecule has 0 unspecified atom stereocenters. The highest BCUT2D eigenvalue weighted by molar-refractivity contribution is 5.90. The molecule has 0 aliphatic rings. The number of carbonyl (C=O) groups excluding carboxylic acids is 2. The van der Waals surface area contributed by atoms with Crippen LogP contribution >= 0.6 is 0 Å². The van der Waals surface area contributed by atoms with E-state index in [9.17, 15) is 9.59 Å². The largest absolute Gasteiger partial charge is 0.363 e. The summed E-state index contributed by atoms with van der Waals surface area (Å²) >= 11 is 0. The third-order valence-corrected chi connectivity index (χ3v) is 2.98. The number of carbonyl (C=O) groups is 2. The second-order valence-corrected chi connectivity index (χ2v) is 7.11. The van der Waals surface area contributed by atoms with Gasteiger partial charge in [-0.1, -0.05) is 39.0 Å². The van der Waals surface area contributed by atoms with Crippen LogP contribution in [-0.2, 0) is 9.63 Å². The Kier molecular flexibility index (Phi) is 5.15. The highest BCUT2D eigenvalue weighted by Gasteiger charge is 2.36. The molecule has 4 heteroatoms. The number of nitrogens with zero attached hydrogens (tertiary/aromatic N) is 1. The summed E-state index contributed by atoms with van der Waals surface area (Å²) in [4.78, 5) is 29.4. The number of benzene rings is 1. The Morgan fingerprint density at radius 1 is 1.05 bits per heavy atom. The minimum absolute atomic E-state index is 0.0103. The molecule has 0 N–H and O–H groups in total. The van der Waals surface area contributed by atoms with E-state index >= 15 is 0 Å². The maximum atomic E-state index is 12.2. The topological polar surface area (TPSA) is 46.6 Å². The highest BCUT2D eigenvalue weighted by Crippen LogP contribution is 2.31. The molecule has 1 amide bonds. The van der Waals surface area contributed by atoms with Crippen molar-refractivity contribution in [1.82, 2.24) is 5.06 Å². The van der Waals surface area contributed by atoms with Crippen molar-refractivity contribution in [3.63, 3.8) is 0 Å². The fourth-order valence-corrected chi connectivity index (χ4v) is 2.69. The second-order valence-electron chi connectivity index (χ2n) is 7.11. The number of hydrogen-bond acceptors (Lipinski definition) is 3. The molecule has 1 aromatic rings. The Hall–Kier alpha value is -1.84. The SMILES string of the molecule is CC(=O)N(OC(=O)c1ccccc1)C(C)(C)CC(C)(C)C. The van der Waals surface area contributed by atoms with Gasteiger partial charge in [0.25, 0.3) is 5.91 Å². The van der Waals surface area contributed by atoms with Gasteiger partial charge in [0.05, 0.1) is 11.1 Å². The quantitative estimate of drug-likeness (QED) is 0.795. The van der Waals surface area contributed by atoms with Gasteiger partial charge in [0.2, 0.25) is 0 Å². The van der Waals surface area contributed by atoms with Crippen molar-refractivity contribution in [2.45, 2.75) is 53.5 Å². The average molecular weight is 291 g/mol. The Bertz CT molecular complexity index is 501. The first-order valence-electron chi connectivity index (χ1n) is 7.11. The van der Waals surface area contributed by atoms with E-state index in [0.717, 1.165) is 0 Å². The number of amides is 1. The molecule has 0 aliphatic carbocycles. The molecule has 116 valence electrons. The molecule has 0 bridgehead atoms. The summed E-state index contributed by atoms with van der Waals surface area (Å²) in [6, 6.07) is 8.67. The van der Waals surface area contributed by atoms with Gasteiger partial charge in [-0.15, -0.1) is 0 Å². The van der Waals surface area contributed by atoms with Gasteiger partial charge >= 0.3 is 5.97 Å². The van der Waals surface area contributed by atoms with Crippen molar-refractivity contribution < 1.29 is 14.4 Å². The maximum absolute atomic E-state index is 12.2. The van der Waals surface area contributed by atoms with Crippen LogP contribution in [0.3, 0.4) is 0 Å². The van der Waals surface area contributed by atoms with Gasteiger partial charge in [0.15, 0.2) is 0 Å². The molecule has 21 heavy (non-hydrogen) atoms. The number of hydroxylamine groups is 2. The Morgan fingerprint density at radius 2 is 1.57 bits per heavy atom. The van der Waals surface area contributed by atoms with Crippen molar-refractivity contribution in [2.24, 2.45) is 5.41 Å². The minimum Gasteiger partial charge on any atom is -0.332 e. The van der Waals surface area contributed by atoms with Crippen molar-refractivity contribution in [3.8, 4) is 0 Å². The van der Waals surface area contributed by atoms with E-state index in [1.165, 1.54) is 12.0 Å². The number of hydrogen-bond donors (Lipinski definition) is 0. The van der Waals surface area contributed by atoms with Crippen LogP contribution in [0.2, 0.25) is 0 Å². The molecule has 0 spiro atoms. The summed E-state index contributed by atoms with van der Waals surface area (Å²) in [5.74, 6) is -0.804. The summed E-state index contributed by atoms with van der Waals surface area (Å²) in [6.45, 7) is 11.5. The molecule has 0 heterocycles. The van der Waals surface area contributed by atoms with Crippen molar-refractivity contribution in [2.75, 3.05) is 0 Å². The van der Waals surface area contributed by atoms with Crippen molar-refractivity contribution >= 4 is 11.9 Å². The molecule has 0 fully saturated rings. The lowest BCUT2D eigenvalue weighted by molar-refractivity contribution is -0.192. The van der Waals surface area contributed by atoms with Gasteiger partial charge in [-0.2, -0.15) is 5.06 Å². The van der Waals surface area contributed by atoms with Crippen LogP contribution < -0.4 is 0 Å². The Labute approximate surface area is 127 Å². The van der Waals surface area contributed by atoms with Gasteiger partial charge < -0.3 is 4.84 Å². The first-order chi connectivity index (χ1) is 9.53. The van der Waals surface area contributed by atoms with Gasteiger partial charge in [0.1, 0.15) is 0 Å². The van der Waals surface area contributed by atoms with E-state index < -0.39 is 11.5 Å². The lowest BCUT2D eigenvalue weighted by atomic mass is 9.81. The van der Waals surface area contributed by atoms with Crippen LogP contribution in [0.25, 0.3) is 0 Å². The van der Waals surface area contributed by atoms with E-state index in [1.807, 2.05) is 19.9 Å². The van der Waals surface area contributed by atoms with Crippen molar-refractivity contribution in [3.05, 3.63) is 35.9 Å². The fraction of sp³-hybridized carbons (Fsp3) is 0.529. The van der Waals surface area contributed by atoms with E-state index in [4.69, 9.17) is 4.84 Å². The Morgan fingerprint density at radius 3 is 2.00 bits per heavy atom. The third-order valence-electron chi connectivity index (χ3n) is 2.98. The fourth-order valence-electron chi connectivity index (χ4n) is 2.69. The summed E-state index contributed by atoms with van der Waals surface area (Å²) in [7, 11) is 0. The smallest absolute Gasteiger partial charge is 0.332 e. The van der Waals surface area contributed by atoms with Crippen LogP contribution in [0.15, 0.2) is 30.3 Å². The molecule has 1 aromatic carbocycles. The first-order valence-corrected chi connectivity index (χ1v) is 7.11. The second kappa shape index (κ2) is 6.29. The van der Waals surface area contributed by atoms with Gasteiger partial charge in [-0.05, 0) is 37.8 Å². The third kappa shape index (κ3) is 5.21. The Balaban J connectivity index is 2.93. The summed E-state index contributed by atoms with van der Waals surface area (Å²) in [5, 5.41) is 1.19. The highest BCUT2D eigenvalue weighted by atomic mass is 16.7. The zero-order valence-corrected chi connectivity index (χ0v) is 13.8. The van der Waals surface area contributed by atoms with E-state index in [2.05, 4.69) is 20.8 Å². The van der Waals surface area contributed by atoms with Crippen molar-refractivity contribution in [1.29, 1.82) is 0 Å². The lowest BCUT2D eigenvalue weighted by Gasteiger charge is -2.39. The zero-order chi connectivity index (χ0) is 16.3. The molecule has 0 saturated carbocycles. The van der Waals surface area contributed by atoms with Gasteiger partial charge in [-0.25, -0.2) is 4.79 Å². The molecule has 0 saturated heterocycles. The predicted molar refractivity (Wildman–Crippen MR) is 82.5 cm³/mol. The standard InChI is InChI=1S/C17H25NO3/c1-13(19)18(17(5,6)12-16(2,3)4)21-15(20)14-10-8-7-9-11-14/h7-11H,12H2,1-6H3. The maximum Gasteiger partial charge on any atom is 0.363 e. The summed E-state index contributed by atoms with van der Waals surface area (Å²) < 4.78 is 0. The predicted octanol–water partition coefficient (Wildman–Crippen LogP) is 3.82.